The van der Waals surface area contributed by atoms with Crippen molar-refractivity contribution in [2.45, 2.75) is 83.8 Å². The highest BCUT2D eigenvalue weighted by Gasteiger charge is 2.52. The number of hydrogen-bond acceptors (Lipinski definition) is 5. The first-order chi connectivity index (χ1) is 18.2. The van der Waals surface area contributed by atoms with E-state index in [2.05, 4.69) is 5.32 Å². The molecule has 0 radical (unpaired) electrons. The zero-order chi connectivity index (χ0) is 28.8. The van der Waals surface area contributed by atoms with Gasteiger partial charge in [-0.1, -0.05) is 26.8 Å². The predicted octanol–water partition coefficient (Wildman–Crippen LogP) is 4.32. The van der Waals surface area contributed by atoms with Gasteiger partial charge in [0.1, 0.15) is 17.6 Å². The summed E-state index contributed by atoms with van der Waals surface area (Å²) >= 11 is 0. The van der Waals surface area contributed by atoms with Crippen molar-refractivity contribution >= 4 is 23.5 Å². The second-order valence-corrected chi connectivity index (χ2v) is 12.2. The van der Waals surface area contributed by atoms with Gasteiger partial charge >= 0.3 is 5.97 Å². The Hall–Kier alpha value is -3.20. The van der Waals surface area contributed by atoms with Crippen molar-refractivity contribution in [3.8, 4) is 0 Å². The van der Waals surface area contributed by atoms with Crippen LogP contribution in [0.4, 0.5) is 10.1 Å². The molecule has 1 aliphatic heterocycles. The first-order valence-electron chi connectivity index (χ1n) is 13.6. The van der Waals surface area contributed by atoms with E-state index in [0.717, 1.165) is 12.0 Å². The number of aliphatic carboxylic acids is 1. The molecule has 4 rings (SSSR count). The highest BCUT2D eigenvalue weighted by atomic mass is 19.1. The van der Waals surface area contributed by atoms with E-state index in [1.807, 2.05) is 39.8 Å². The number of halogens is 1. The van der Waals surface area contributed by atoms with E-state index in [-0.39, 0.29) is 23.7 Å². The molecule has 1 aromatic carbocycles. The van der Waals surface area contributed by atoms with Crippen LogP contribution in [-0.2, 0) is 31.0 Å². The molecule has 0 aromatic heterocycles. The number of benzene rings is 1. The van der Waals surface area contributed by atoms with Crippen LogP contribution in [0.1, 0.15) is 71.4 Å². The summed E-state index contributed by atoms with van der Waals surface area (Å²) in [4.78, 5) is 40.1. The number of anilines is 1. The number of ether oxygens (including phenoxy) is 1. The molecule has 1 heterocycles. The number of nitrogens with zero attached hydrogens (tertiary/aromatic N) is 1. The number of carboxylic acid groups (broad SMARTS) is 1. The normalized spacial score (nSPS) is 26.6. The van der Waals surface area contributed by atoms with E-state index >= 15 is 4.39 Å². The summed E-state index contributed by atoms with van der Waals surface area (Å²) in [6, 6.07) is 2.16. The van der Waals surface area contributed by atoms with E-state index in [0.29, 0.717) is 36.5 Å². The second-order valence-electron chi connectivity index (χ2n) is 12.2. The minimum atomic E-state index is -1.78. The molecule has 1 saturated heterocycles. The fraction of sp³-hybridized carbons (Fsp3) is 0.567. The number of carbonyl (C=O) groups is 3. The molecule has 1 fully saturated rings. The Morgan fingerprint density at radius 2 is 1.95 bits per heavy atom. The molecular weight excluding hydrogens is 503 g/mol. The number of rotatable bonds is 8. The monoisotopic (exact) mass is 542 g/mol. The number of aliphatic hydroxyl groups is 1. The minimum Gasteiger partial charge on any atom is -0.494 e. The molecule has 1 aromatic rings. The Morgan fingerprint density at radius 1 is 1.23 bits per heavy atom. The van der Waals surface area contributed by atoms with Crippen molar-refractivity contribution in [1.29, 1.82) is 0 Å². The number of carbonyl (C=O) groups excluding carboxylic acids is 2. The molecular formula is C30H39FN2O6. The SMILES string of the molecule is CCOC1=CC2CCN(C(=O)CC(C)(O)CC(=O)O)[C@@H](C(=O)Nc3cc(F)c4c(c3)CCC4(C)C)C2(C)C=C1. The van der Waals surface area contributed by atoms with Crippen LogP contribution in [0.3, 0.4) is 0 Å². The lowest BCUT2D eigenvalue weighted by Gasteiger charge is -2.51. The van der Waals surface area contributed by atoms with Gasteiger partial charge in [0.2, 0.25) is 11.8 Å². The third-order valence-corrected chi connectivity index (χ3v) is 8.43. The van der Waals surface area contributed by atoms with Crippen LogP contribution in [0, 0.1) is 17.2 Å². The lowest BCUT2D eigenvalue weighted by Crippen LogP contribution is -2.62. The standard InChI is InChI=1S/C30H39FN2O6/c1-6-39-21-8-11-30(5)19(14-21)9-12-33(23(34)16-29(4,38)17-24(35)36)26(30)27(37)32-20-13-18-7-10-28(2,3)25(18)22(31)15-20/h8,11,13-15,19,26,38H,6-7,9-10,12,16-17H2,1-5H3,(H,32,37)(H,35,36)/t19?,26-,29?,30?/m0/s1. The highest BCUT2D eigenvalue weighted by molar-refractivity contribution is 5.98. The number of allylic oxidation sites excluding steroid dienone is 2. The average Bonchev–Trinajstić information content (AvgIpc) is 3.11. The predicted molar refractivity (Wildman–Crippen MR) is 144 cm³/mol. The Labute approximate surface area is 228 Å². The van der Waals surface area contributed by atoms with Crippen molar-refractivity contribution in [3.05, 3.63) is 53.1 Å². The summed E-state index contributed by atoms with van der Waals surface area (Å²) in [7, 11) is 0. The molecule has 9 heteroatoms. The van der Waals surface area contributed by atoms with E-state index < -0.39 is 47.7 Å². The van der Waals surface area contributed by atoms with Gasteiger partial charge in [-0.3, -0.25) is 14.4 Å². The lowest BCUT2D eigenvalue weighted by molar-refractivity contribution is -0.152. The molecule has 3 unspecified atom stereocenters. The van der Waals surface area contributed by atoms with E-state index in [4.69, 9.17) is 9.84 Å². The Bertz CT molecular complexity index is 1240. The summed E-state index contributed by atoms with van der Waals surface area (Å²) in [5, 5.41) is 22.6. The number of hydrogen-bond donors (Lipinski definition) is 3. The molecule has 3 N–H and O–H groups in total. The summed E-state index contributed by atoms with van der Waals surface area (Å²) < 4.78 is 20.9. The lowest BCUT2D eigenvalue weighted by atomic mass is 9.64. The molecule has 39 heavy (non-hydrogen) atoms. The van der Waals surface area contributed by atoms with Crippen molar-refractivity contribution < 1.29 is 33.7 Å². The zero-order valence-corrected chi connectivity index (χ0v) is 23.3. The number of likely N-dealkylation sites (tertiary alicyclic amines) is 1. The first-order valence-corrected chi connectivity index (χ1v) is 13.6. The van der Waals surface area contributed by atoms with Gasteiger partial charge < -0.3 is 25.2 Å². The zero-order valence-electron chi connectivity index (χ0n) is 23.3. The number of carboxylic acids is 1. The highest BCUT2D eigenvalue weighted by Crippen LogP contribution is 2.47. The first kappa shape index (κ1) is 28.8. The van der Waals surface area contributed by atoms with Crippen molar-refractivity contribution in [1.82, 2.24) is 4.90 Å². The Kier molecular flexibility index (Phi) is 7.69. The summed E-state index contributed by atoms with van der Waals surface area (Å²) in [5.74, 6) is -1.98. The van der Waals surface area contributed by atoms with Crippen molar-refractivity contribution in [3.63, 3.8) is 0 Å². The number of fused-ring (bicyclic) bond motifs is 2. The van der Waals surface area contributed by atoms with Gasteiger partial charge in [-0.15, -0.1) is 0 Å². The molecule has 3 aliphatic rings. The molecule has 4 atom stereocenters. The molecule has 0 bridgehead atoms. The molecule has 212 valence electrons. The van der Waals surface area contributed by atoms with Gasteiger partial charge in [0.05, 0.1) is 25.0 Å². The summed E-state index contributed by atoms with van der Waals surface area (Å²) in [5.41, 5.74) is -1.000. The Balaban J connectivity index is 1.67. The van der Waals surface area contributed by atoms with Crippen LogP contribution in [0.15, 0.2) is 36.1 Å². The van der Waals surface area contributed by atoms with Gasteiger partial charge in [-0.05, 0) is 79.9 Å². The van der Waals surface area contributed by atoms with Crippen LogP contribution in [0.5, 0.6) is 0 Å². The van der Waals surface area contributed by atoms with Gasteiger partial charge in [0, 0.05) is 17.6 Å². The number of aryl methyl sites for hydroxylation is 1. The van der Waals surface area contributed by atoms with Crippen LogP contribution < -0.4 is 5.32 Å². The van der Waals surface area contributed by atoms with Gasteiger partial charge in [0.25, 0.3) is 0 Å². The Morgan fingerprint density at radius 3 is 2.62 bits per heavy atom. The average molecular weight is 543 g/mol. The fourth-order valence-electron chi connectivity index (χ4n) is 6.49. The van der Waals surface area contributed by atoms with E-state index in [9.17, 15) is 19.5 Å². The van der Waals surface area contributed by atoms with Crippen molar-refractivity contribution in [2.24, 2.45) is 11.3 Å². The van der Waals surface area contributed by atoms with Crippen LogP contribution >= 0.6 is 0 Å². The molecule has 2 aliphatic carbocycles. The maximum atomic E-state index is 15.2. The quantitative estimate of drug-likeness (QED) is 0.451. The third-order valence-electron chi connectivity index (χ3n) is 8.43. The second kappa shape index (κ2) is 10.4. The van der Waals surface area contributed by atoms with Crippen LogP contribution in [0.25, 0.3) is 0 Å². The van der Waals surface area contributed by atoms with Crippen LogP contribution in [-0.4, -0.2) is 57.7 Å². The number of piperidine rings is 1. The smallest absolute Gasteiger partial charge is 0.306 e. The summed E-state index contributed by atoms with van der Waals surface area (Å²) in [6.07, 6.45) is 6.68. The van der Waals surface area contributed by atoms with E-state index in [1.165, 1.54) is 17.9 Å². The topological polar surface area (TPSA) is 116 Å². The molecule has 2 amide bonds. The van der Waals surface area contributed by atoms with Gasteiger partial charge in [-0.2, -0.15) is 0 Å². The maximum absolute atomic E-state index is 15.2. The maximum Gasteiger partial charge on any atom is 0.306 e. The van der Waals surface area contributed by atoms with Crippen molar-refractivity contribution in [2.75, 3.05) is 18.5 Å². The number of amides is 2. The summed E-state index contributed by atoms with van der Waals surface area (Å²) in [6.45, 7) is 9.83. The van der Waals surface area contributed by atoms with E-state index in [1.54, 1.807) is 12.1 Å². The largest absolute Gasteiger partial charge is 0.494 e. The number of nitrogens with one attached hydrogen (secondary N) is 1. The minimum absolute atomic E-state index is 0.110. The molecule has 0 saturated carbocycles. The van der Waals surface area contributed by atoms with Gasteiger partial charge in [-0.25, -0.2) is 4.39 Å². The molecule has 8 nitrogen and oxygen atoms in total. The fourth-order valence-corrected chi connectivity index (χ4v) is 6.49. The van der Waals surface area contributed by atoms with Gasteiger partial charge in [0.15, 0.2) is 0 Å². The third kappa shape index (κ3) is 5.73. The van der Waals surface area contributed by atoms with Crippen LogP contribution in [0.2, 0.25) is 0 Å². The molecule has 0 spiro atoms.